The predicted molar refractivity (Wildman–Crippen MR) is 87.2 cm³/mol. The van der Waals surface area contributed by atoms with Gasteiger partial charge in [-0.2, -0.15) is 0 Å². The topological polar surface area (TPSA) is 69.6 Å². The average molecular weight is 309 g/mol. The molecule has 0 amide bonds. The van der Waals surface area contributed by atoms with Crippen molar-refractivity contribution in [3.63, 3.8) is 0 Å². The van der Waals surface area contributed by atoms with Crippen molar-refractivity contribution in [1.82, 2.24) is 0 Å². The Balaban J connectivity index is 3.74. The van der Waals surface area contributed by atoms with E-state index in [4.69, 9.17) is 5.26 Å². The van der Waals surface area contributed by atoms with Gasteiger partial charge in [-0.3, -0.25) is 5.26 Å². The number of carbonyl (C=O) groups is 1. The SMILES string of the molecule is CCCCC/C=C\C[C@H](/C=C/C=C\CCCCC(=O)[O-])OO. The van der Waals surface area contributed by atoms with E-state index in [2.05, 4.69) is 17.9 Å². The third-order valence-corrected chi connectivity index (χ3v) is 3.22. The summed E-state index contributed by atoms with van der Waals surface area (Å²) in [7, 11) is 0. The van der Waals surface area contributed by atoms with Crippen molar-refractivity contribution in [3.05, 3.63) is 36.5 Å². The first-order valence-corrected chi connectivity index (χ1v) is 8.19. The number of hydrogen-bond donors (Lipinski definition) is 1. The number of carboxylic acids is 1. The minimum atomic E-state index is -0.991. The quantitative estimate of drug-likeness (QED) is 0.174. The lowest BCUT2D eigenvalue weighted by molar-refractivity contribution is -0.305. The Hall–Kier alpha value is -1.39. The fraction of sp³-hybridized carbons (Fsp3) is 0.611. The molecule has 1 N–H and O–H groups in total. The molecule has 1 atom stereocenters. The highest BCUT2D eigenvalue weighted by Crippen LogP contribution is 2.05. The van der Waals surface area contributed by atoms with Crippen LogP contribution in [-0.2, 0) is 9.68 Å². The summed E-state index contributed by atoms with van der Waals surface area (Å²) in [6.07, 6.45) is 19.1. The third-order valence-electron chi connectivity index (χ3n) is 3.22. The highest BCUT2D eigenvalue weighted by molar-refractivity contribution is 5.64. The van der Waals surface area contributed by atoms with Crippen LogP contribution < -0.4 is 5.11 Å². The molecule has 0 aromatic carbocycles. The van der Waals surface area contributed by atoms with Gasteiger partial charge in [-0.05, 0) is 44.9 Å². The highest BCUT2D eigenvalue weighted by Gasteiger charge is 1.99. The van der Waals surface area contributed by atoms with Crippen LogP contribution in [0.5, 0.6) is 0 Å². The van der Waals surface area contributed by atoms with E-state index in [-0.39, 0.29) is 12.5 Å². The van der Waals surface area contributed by atoms with Crippen LogP contribution in [0.1, 0.15) is 64.7 Å². The monoisotopic (exact) mass is 309 g/mol. The maximum absolute atomic E-state index is 10.2. The standard InChI is InChI=1S/C18H30O4/c1-2-3-4-5-8-11-14-17(22-21)15-12-9-6-7-10-13-16-18(19)20/h6,8-9,11-12,15,17,21H,2-5,7,10,13-14,16H2,1H3,(H,19,20)/p-1/b9-6-,11-8-,15-12+/t17-/m1/s1. The number of rotatable bonds is 14. The summed E-state index contributed by atoms with van der Waals surface area (Å²) in [4.78, 5) is 14.6. The van der Waals surface area contributed by atoms with Gasteiger partial charge in [0.05, 0.1) is 0 Å². The molecular weight excluding hydrogens is 280 g/mol. The van der Waals surface area contributed by atoms with E-state index in [1.165, 1.54) is 19.3 Å². The van der Waals surface area contributed by atoms with Gasteiger partial charge in [-0.15, -0.1) is 0 Å². The molecule has 0 saturated carbocycles. The van der Waals surface area contributed by atoms with Crippen LogP contribution in [0.3, 0.4) is 0 Å². The van der Waals surface area contributed by atoms with Crippen LogP contribution in [0.2, 0.25) is 0 Å². The van der Waals surface area contributed by atoms with Crippen LogP contribution in [-0.4, -0.2) is 17.3 Å². The first-order valence-electron chi connectivity index (χ1n) is 8.19. The number of unbranched alkanes of at least 4 members (excludes halogenated alkanes) is 5. The van der Waals surface area contributed by atoms with Gasteiger partial charge in [0.15, 0.2) is 0 Å². The second kappa shape index (κ2) is 16.0. The lowest BCUT2D eigenvalue weighted by Crippen LogP contribution is -2.21. The molecule has 22 heavy (non-hydrogen) atoms. The smallest absolute Gasteiger partial charge is 0.115 e. The molecule has 126 valence electrons. The number of aliphatic carboxylic acids is 1. The zero-order valence-corrected chi connectivity index (χ0v) is 13.6. The Morgan fingerprint density at radius 1 is 1.09 bits per heavy atom. The van der Waals surface area contributed by atoms with Crippen molar-refractivity contribution < 1.29 is 20.0 Å². The third kappa shape index (κ3) is 15.0. The summed E-state index contributed by atoms with van der Waals surface area (Å²) in [5.74, 6) is -0.991. The van der Waals surface area contributed by atoms with Crippen LogP contribution in [0.15, 0.2) is 36.5 Å². The van der Waals surface area contributed by atoms with Crippen molar-refractivity contribution >= 4 is 5.97 Å². The predicted octanol–water partition coefficient (Wildman–Crippen LogP) is 3.79. The fourth-order valence-corrected chi connectivity index (χ4v) is 1.91. The zero-order valence-electron chi connectivity index (χ0n) is 13.6. The molecule has 0 heterocycles. The van der Waals surface area contributed by atoms with Crippen molar-refractivity contribution in [2.75, 3.05) is 0 Å². The molecule has 4 heteroatoms. The largest absolute Gasteiger partial charge is 0.550 e. The van der Waals surface area contributed by atoms with Crippen molar-refractivity contribution in [2.45, 2.75) is 70.8 Å². The molecule has 0 radical (unpaired) electrons. The number of carboxylic acid groups (broad SMARTS) is 1. The number of allylic oxidation sites excluding steroid dienone is 4. The van der Waals surface area contributed by atoms with Crippen LogP contribution in [0.4, 0.5) is 0 Å². The Morgan fingerprint density at radius 3 is 2.50 bits per heavy atom. The summed E-state index contributed by atoms with van der Waals surface area (Å²) in [5, 5.41) is 19.0. The normalized spacial score (nSPS) is 13.5. The molecule has 0 fully saturated rings. The molecule has 0 aliphatic rings. The van der Waals surface area contributed by atoms with E-state index in [1.54, 1.807) is 6.08 Å². The fourth-order valence-electron chi connectivity index (χ4n) is 1.91. The molecule has 4 nitrogen and oxygen atoms in total. The van der Waals surface area contributed by atoms with Gasteiger partial charge in [-0.1, -0.05) is 56.2 Å². The number of hydrogen-bond acceptors (Lipinski definition) is 4. The Bertz CT molecular complexity index is 345. The molecular formula is C18H29O4-. The maximum Gasteiger partial charge on any atom is 0.115 e. The van der Waals surface area contributed by atoms with Gasteiger partial charge in [0.25, 0.3) is 0 Å². The first-order chi connectivity index (χ1) is 10.7. The second-order valence-electron chi connectivity index (χ2n) is 5.28. The molecule has 0 aromatic heterocycles. The van der Waals surface area contributed by atoms with Crippen molar-refractivity contribution in [2.24, 2.45) is 0 Å². The van der Waals surface area contributed by atoms with E-state index in [1.807, 2.05) is 24.3 Å². The Morgan fingerprint density at radius 2 is 1.82 bits per heavy atom. The van der Waals surface area contributed by atoms with Crippen LogP contribution >= 0.6 is 0 Å². The number of carbonyl (C=O) groups excluding carboxylic acids is 1. The van der Waals surface area contributed by atoms with E-state index >= 15 is 0 Å². The maximum atomic E-state index is 10.2. The van der Waals surface area contributed by atoms with Gasteiger partial charge < -0.3 is 9.90 Å². The molecule has 0 aromatic rings. The minimum absolute atomic E-state index is 0.120. The lowest BCUT2D eigenvalue weighted by Gasteiger charge is -2.04. The molecule has 0 saturated heterocycles. The second-order valence-corrected chi connectivity index (χ2v) is 5.28. The average Bonchev–Trinajstić information content (AvgIpc) is 2.50. The van der Waals surface area contributed by atoms with Crippen molar-refractivity contribution in [3.8, 4) is 0 Å². The molecule has 0 bridgehead atoms. The molecule has 0 aliphatic heterocycles. The molecule has 0 unspecified atom stereocenters. The van der Waals surface area contributed by atoms with Gasteiger partial charge in [0.1, 0.15) is 6.10 Å². The van der Waals surface area contributed by atoms with E-state index < -0.39 is 5.97 Å². The minimum Gasteiger partial charge on any atom is -0.550 e. The summed E-state index contributed by atoms with van der Waals surface area (Å²) < 4.78 is 0. The van der Waals surface area contributed by atoms with Gasteiger partial charge in [-0.25, -0.2) is 4.89 Å². The molecule has 0 aliphatic carbocycles. The summed E-state index contributed by atoms with van der Waals surface area (Å²) in [6, 6.07) is 0. The van der Waals surface area contributed by atoms with Crippen LogP contribution in [0, 0.1) is 0 Å². The molecule has 0 rings (SSSR count). The van der Waals surface area contributed by atoms with Gasteiger partial charge >= 0.3 is 0 Å². The van der Waals surface area contributed by atoms with E-state index in [0.717, 1.165) is 19.3 Å². The van der Waals surface area contributed by atoms with Crippen LogP contribution in [0.25, 0.3) is 0 Å². The summed E-state index contributed by atoms with van der Waals surface area (Å²) >= 11 is 0. The van der Waals surface area contributed by atoms with Crippen molar-refractivity contribution in [1.29, 1.82) is 0 Å². The highest BCUT2D eigenvalue weighted by atomic mass is 17.1. The summed E-state index contributed by atoms with van der Waals surface area (Å²) in [5.41, 5.74) is 0. The lowest BCUT2D eigenvalue weighted by atomic mass is 10.1. The van der Waals surface area contributed by atoms with Gasteiger partial charge in [0.2, 0.25) is 0 Å². The zero-order chi connectivity index (χ0) is 16.5. The first kappa shape index (κ1) is 20.6. The van der Waals surface area contributed by atoms with Gasteiger partial charge in [0, 0.05) is 5.97 Å². The Kier molecular flexibility index (Phi) is 15.0. The Labute approximate surface area is 134 Å². The molecule has 0 spiro atoms. The van der Waals surface area contributed by atoms with E-state index in [0.29, 0.717) is 12.8 Å². The van der Waals surface area contributed by atoms with E-state index in [9.17, 15) is 9.90 Å². The summed E-state index contributed by atoms with van der Waals surface area (Å²) in [6.45, 7) is 2.18.